The molecule has 2 nitrogen and oxygen atoms in total. The molecule has 0 heterocycles. The zero-order valence-electron chi connectivity index (χ0n) is 13.1. The molecular formula is C20H23NO. The molecule has 0 unspecified atom stereocenters. The number of rotatable bonds is 7. The van der Waals surface area contributed by atoms with Crippen LogP contribution in [-0.4, -0.2) is 12.5 Å². The Morgan fingerprint density at radius 2 is 1.73 bits per heavy atom. The van der Waals surface area contributed by atoms with Crippen molar-refractivity contribution in [3.8, 4) is 0 Å². The quantitative estimate of drug-likeness (QED) is 0.603. The van der Waals surface area contributed by atoms with Crippen molar-refractivity contribution in [1.82, 2.24) is 5.32 Å². The second-order valence-corrected chi connectivity index (χ2v) is 5.48. The van der Waals surface area contributed by atoms with Gasteiger partial charge < -0.3 is 5.32 Å². The average molecular weight is 293 g/mol. The summed E-state index contributed by atoms with van der Waals surface area (Å²) in [4.78, 5) is 11.7. The lowest BCUT2D eigenvalue weighted by molar-refractivity contribution is -0.116. The van der Waals surface area contributed by atoms with Crippen molar-refractivity contribution in [2.45, 2.75) is 26.2 Å². The van der Waals surface area contributed by atoms with Crippen molar-refractivity contribution >= 4 is 12.0 Å². The maximum Gasteiger partial charge on any atom is 0.243 e. The molecule has 0 saturated heterocycles. The van der Waals surface area contributed by atoms with E-state index in [2.05, 4.69) is 36.5 Å². The van der Waals surface area contributed by atoms with Crippen LogP contribution in [0.4, 0.5) is 0 Å². The molecule has 2 rings (SSSR count). The topological polar surface area (TPSA) is 29.1 Å². The number of unbranched alkanes of at least 4 members (excludes halogenated alkanes) is 1. The third kappa shape index (κ3) is 5.96. The van der Waals surface area contributed by atoms with Crippen molar-refractivity contribution in [2.24, 2.45) is 0 Å². The van der Waals surface area contributed by atoms with Gasteiger partial charge in [0.15, 0.2) is 0 Å². The molecule has 0 saturated carbocycles. The lowest BCUT2D eigenvalue weighted by Crippen LogP contribution is -2.22. The number of hydrogen-bond donors (Lipinski definition) is 1. The van der Waals surface area contributed by atoms with E-state index in [1.807, 2.05) is 36.4 Å². The lowest BCUT2D eigenvalue weighted by Gasteiger charge is -2.03. The fourth-order valence-electron chi connectivity index (χ4n) is 2.22. The van der Waals surface area contributed by atoms with Crippen molar-refractivity contribution in [3.05, 3.63) is 77.4 Å². The van der Waals surface area contributed by atoms with E-state index < -0.39 is 0 Å². The minimum atomic E-state index is -0.0275. The van der Waals surface area contributed by atoms with Crippen molar-refractivity contribution in [3.63, 3.8) is 0 Å². The molecule has 0 atom stereocenters. The van der Waals surface area contributed by atoms with Crippen LogP contribution in [0.3, 0.4) is 0 Å². The zero-order valence-corrected chi connectivity index (χ0v) is 13.1. The molecule has 0 bridgehead atoms. The van der Waals surface area contributed by atoms with Crippen LogP contribution >= 0.6 is 0 Å². The fraction of sp³-hybridized carbons (Fsp3) is 0.250. The van der Waals surface area contributed by atoms with E-state index >= 15 is 0 Å². The van der Waals surface area contributed by atoms with Gasteiger partial charge in [0.05, 0.1) is 0 Å². The Bertz CT molecular complexity index is 599. The highest BCUT2D eigenvalue weighted by molar-refractivity contribution is 5.91. The van der Waals surface area contributed by atoms with E-state index in [9.17, 15) is 4.79 Å². The maximum atomic E-state index is 11.7. The predicted molar refractivity (Wildman–Crippen MR) is 92.6 cm³/mol. The first-order chi connectivity index (χ1) is 10.7. The summed E-state index contributed by atoms with van der Waals surface area (Å²) in [5.41, 5.74) is 3.62. The molecule has 2 aromatic rings. The Balaban J connectivity index is 1.62. The van der Waals surface area contributed by atoms with E-state index in [0.29, 0.717) is 0 Å². The van der Waals surface area contributed by atoms with Gasteiger partial charge in [0.25, 0.3) is 0 Å². The summed E-state index contributed by atoms with van der Waals surface area (Å²) >= 11 is 0. The number of amides is 1. The largest absolute Gasteiger partial charge is 0.353 e. The monoisotopic (exact) mass is 293 g/mol. The van der Waals surface area contributed by atoms with Gasteiger partial charge in [-0.3, -0.25) is 4.79 Å². The number of hydrogen-bond acceptors (Lipinski definition) is 1. The number of aryl methyl sites for hydroxylation is 2. The molecule has 2 heteroatoms. The molecule has 0 fully saturated rings. The van der Waals surface area contributed by atoms with E-state index in [1.165, 1.54) is 11.1 Å². The van der Waals surface area contributed by atoms with Crippen LogP contribution in [-0.2, 0) is 11.2 Å². The van der Waals surface area contributed by atoms with Crippen LogP contribution < -0.4 is 5.32 Å². The van der Waals surface area contributed by atoms with Crippen molar-refractivity contribution in [1.29, 1.82) is 0 Å². The Morgan fingerprint density at radius 3 is 2.45 bits per heavy atom. The van der Waals surface area contributed by atoms with Crippen LogP contribution in [0.15, 0.2) is 60.7 Å². The van der Waals surface area contributed by atoms with Crippen LogP contribution in [0.2, 0.25) is 0 Å². The smallest absolute Gasteiger partial charge is 0.243 e. The highest BCUT2D eigenvalue weighted by Gasteiger charge is 1.96. The summed E-state index contributed by atoms with van der Waals surface area (Å²) in [7, 11) is 0. The van der Waals surface area contributed by atoms with Gasteiger partial charge >= 0.3 is 0 Å². The van der Waals surface area contributed by atoms with E-state index in [0.717, 1.165) is 31.4 Å². The first-order valence-corrected chi connectivity index (χ1v) is 7.80. The van der Waals surface area contributed by atoms with E-state index in [-0.39, 0.29) is 5.91 Å². The van der Waals surface area contributed by atoms with Gasteiger partial charge in [-0.2, -0.15) is 0 Å². The van der Waals surface area contributed by atoms with Crippen LogP contribution in [0.5, 0.6) is 0 Å². The highest BCUT2D eigenvalue weighted by atomic mass is 16.1. The Hall–Kier alpha value is -2.35. The summed E-state index contributed by atoms with van der Waals surface area (Å²) in [6, 6.07) is 18.6. The number of nitrogens with one attached hydrogen (secondary N) is 1. The molecule has 22 heavy (non-hydrogen) atoms. The lowest BCUT2D eigenvalue weighted by atomic mass is 10.1. The molecule has 0 aliphatic heterocycles. The standard InChI is InChI=1S/C20H23NO/c1-17-10-12-19(13-11-17)14-15-20(22)21-16-6-5-9-18-7-3-2-4-8-18/h2-4,7-8,10-15H,5-6,9,16H2,1H3,(H,21,22)/b15-14+. The summed E-state index contributed by atoms with van der Waals surface area (Å²) in [5.74, 6) is -0.0275. The first-order valence-electron chi connectivity index (χ1n) is 7.80. The normalized spacial score (nSPS) is 10.8. The first kappa shape index (κ1) is 16.0. The van der Waals surface area contributed by atoms with Gasteiger partial charge in [-0.05, 0) is 43.4 Å². The van der Waals surface area contributed by atoms with Gasteiger partial charge in [0.1, 0.15) is 0 Å². The molecule has 0 radical (unpaired) electrons. The van der Waals surface area contributed by atoms with Gasteiger partial charge in [-0.15, -0.1) is 0 Å². The molecular weight excluding hydrogens is 270 g/mol. The third-order valence-electron chi connectivity index (χ3n) is 3.54. The SMILES string of the molecule is Cc1ccc(/C=C/C(=O)NCCCCc2ccccc2)cc1. The van der Waals surface area contributed by atoms with Crippen LogP contribution in [0.25, 0.3) is 6.08 Å². The Kier molecular flexibility index (Phi) is 6.43. The molecule has 1 N–H and O–H groups in total. The fourth-order valence-corrected chi connectivity index (χ4v) is 2.22. The molecule has 0 aromatic heterocycles. The predicted octanol–water partition coefficient (Wildman–Crippen LogP) is 4.15. The average Bonchev–Trinajstić information content (AvgIpc) is 2.55. The maximum absolute atomic E-state index is 11.7. The highest BCUT2D eigenvalue weighted by Crippen LogP contribution is 2.05. The summed E-state index contributed by atoms with van der Waals surface area (Å²) in [6.07, 6.45) is 6.60. The molecule has 114 valence electrons. The molecule has 2 aromatic carbocycles. The molecule has 1 amide bonds. The summed E-state index contributed by atoms with van der Waals surface area (Å²) < 4.78 is 0. The van der Waals surface area contributed by atoms with Gasteiger partial charge in [-0.1, -0.05) is 60.2 Å². The second kappa shape index (κ2) is 8.83. The summed E-state index contributed by atoms with van der Waals surface area (Å²) in [6.45, 7) is 2.78. The van der Waals surface area contributed by atoms with Gasteiger partial charge in [0, 0.05) is 12.6 Å². The molecule has 0 aliphatic rings. The van der Waals surface area contributed by atoms with E-state index in [1.54, 1.807) is 6.08 Å². The minimum absolute atomic E-state index is 0.0275. The van der Waals surface area contributed by atoms with Gasteiger partial charge in [-0.25, -0.2) is 0 Å². The summed E-state index contributed by atoms with van der Waals surface area (Å²) in [5, 5.41) is 2.92. The minimum Gasteiger partial charge on any atom is -0.353 e. The Labute approximate surface area is 132 Å². The van der Waals surface area contributed by atoms with Crippen LogP contribution in [0, 0.1) is 6.92 Å². The number of carbonyl (C=O) groups is 1. The Morgan fingerprint density at radius 1 is 1.00 bits per heavy atom. The van der Waals surface area contributed by atoms with Gasteiger partial charge in [0.2, 0.25) is 5.91 Å². The van der Waals surface area contributed by atoms with E-state index in [4.69, 9.17) is 0 Å². The zero-order chi connectivity index (χ0) is 15.6. The van der Waals surface area contributed by atoms with Crippen LogP contribution in [0.1, 0.15) is 29.5 Å². The molecule has 0 aliphatic carbocycles. The number of carbonyl (C=O) groups excluding carboxylic acids is 1. The van der Waals surface area contributed by atoms with Crippen molar-refractivity contribution in [2.75, 3.05) is 6.54 Å². The second-order valence-electron chi connectivity index (χ2n) is 5.48. The molecule has 0 spiro atoms. The third-order valence-corrected chi connectivity index (χ3v) is 3.54. The van der Waals surface area contributed by atoms with Crippen molar-refractivity contribution < 1.29 is 4.79 Å². The number of benzene rings is 2.